The van der Waals surface area contributed by atoms with Gasteiger partial charge in [-0.3, -0.25) is 0 Å². The second kappa shape index (κ2) is 28.8. The quantitative estimate of drug-likeness (QED) is 0.0913. The molecule has 0 radical (unpaired) electrons. The number of unbranched alkanes of at least 4 members (excludes halogenated alkanes) is 6. The van der Waals surface area contributed by atoms with Crippen LogP contribution in [0, 0.1) is 0 Å². The van der Waals surface area contributed by atoms with Crippen LogP contribution in [0.5, 0.6) is 0 Å². The molecular formula is C30H66AlO6P3. The molecule has 0 aromatic carbocycles. The molecular weight excluding hydrogens is 576 g/mol. The summed E-state index contributed by atoms with van der Waals surface area (Å²) >= 11 is 0. The monoisotopic (exact) mass is 642 g/mol. The number of rotatable bonds is 21. The Kier molecular flexibility index (Phi) is 34.6. The first-order valence-electron chi connectivity index (χ1n) is 16.0. The summed E-state index contributed by atoms with van der Waals surface area (Å²) in [6, 6.07) is 0. The second-order valence-corrected chi connectivity index (χ2v) is 19.7. The van der Waals surface area contributed by atoms with Crippen LogP contribution in [0.4, 0.5) is 0 Å². The first kappa shape index (κ1) is 48.0. The van der Waals surface area contributed by atoms with Crippen molar-refractivity contribution in [3.63, 3.8) is 0 Å². The van der Waals surface area contributed by atoms with Crippen LogP contribution in [0.2, 0.25) is 0 Å². The topological polar surface area (TPSA) is 120 Å². The Labute approximate surface area is 261 Å². The average molecular weight is 643 g/mol. The van der Waals surface area contributed by atoms with E-state index >= 15 is 0 Å². The summed E-state index contributed by atoms with van der Waals surface area (Å²) in [6.45, 7) is 17.9. The molecule has 240 valence electrons. The van der Waals surface area contributed by atoms with Gasteiger partial charge < -0.3 is 28.4 Å². The molecule has 0 aromatic heterocycles. The minimum atomic E-state index is -3.08. The maximum Gasteiger partial charge on any atom is 3.00 e. The number of hydrogen-bond donors (Lipinski definition) is 0. The molecule has 6 nitrogen and oxygen atoms in total. The van der Waals surface area contributed by atoms with E-state index in [1.807, 2.05) is 41.5 Å². The molecule has 0 amide bonds. The third-order valence-electron chi connectivity index (χ3n) is 7.41. The van der Waals surface area contributed by atoms with E-state index in [1.54, 1.807) is 0 Å². The molecule has 0 aromatic rings. The van der Waals surface area contributed by atoms with Crippen molar-refractivity contribution in [1.29, 1.82) is 0 Å². The predicted molar refractivity (Wildman–Crippen MR) is 175 cm³/mol. The van der Waals surface area contributed by atoms with Crippen molar-refractivity contribution in [2.75, 3.05) is 18.5 Å². The molecule has 0 aliphatic carbocycles. The Morgan fingerprint density at radius 1 is 0.425 bits per heavy atom. The van der Waals surface area contributed by atoms with Crippen molar-refractivity contribution in [1.82, 2.24) is 0 Å². The maximum absolute atomic E-state index is 11.6. The molecule has 10 heteroatoms. The first-order valence-corrected chi connectivity index (χ1v) is 21.7. The van der Waals surface area contributed by atoms with E-state index in [9.17, 15) is 28.4 Å². The fourth-order valence-corrected chi connectivity index (χ4v) is 9.21. The van der Waals surface area contributed by atoms with E-state index in [4.69, 9.17) is 0 Å². The van der Waals surface area contributed by atoms with Crippen LogP contribution in [0.3, 0.4) is 0 Å². The van der Waals surface area contributed by atoms with Crippen LogP contribution in [-0.4, -0.2) is 52.8 Å². The van der Waals surface area contributed by atoms with Crippen LogP contribution >= 0.6 is 22.1 Å². The standard InChI is InChI=1S/3C10H23O2P.Al/c3*1-4-6-8-10(3)13(11,12)9-7-5-2;/h3*10H,4-9H2,1-3H3,(H,11,12);/q;;;+3/p-3. The maximum atomic E-state index is 11.6. The van der Waals surface area contributed by atoms with Gasteiger partial charge in [0.25, 0.3) is 0 Å². The van der Waals surface area contributed by atoms with Crippen molar-refractivity contribution in [3.05, 3.63) is 0 Å². The Bertz CT molecular complexity index is 602. The van der Waals surface area contributed by atoms with Crippen molar-refractivity contribution < 1.29 is 28.4 Å². The third kappa shape index (κ3) is 26.7. The molecule has 0 heterocycles. The van der Waals surface area contributed by atoms with E-state index in [0.29, 0.717) is 18.5 Å². The van der Waals surface area contributed by atoms with Crippen molar-refractivity contribution in [2.45, 2.75) is 176 Å². The van der Waals surface area contributed by atoms with E-state index < -0.39 is 22.1 Å². The zero-order valence-electron chi connectivity index (χ0n) is 27.8. The largest absolute Gasteiger partial charge is 3.00 e. The summed E-state index contributed by atoms with van der Waals surface area (Å²) in [5, 5.41) is 0. The van der Waals surface area contributed by atoms with Gasteiger partial charge in [0.05, 0.1) is 0 Å². The molecule has 40 heavy (non-hydrogen) atoms. The van der Waals surface area contributed by atoms with Gasteiger partial charge in [-0.15, -0.1) is 0 Å². The fourth-order valence-electron chi connectivity index (χ4n) is 3.89. The van der Waals surface area contributed by atoms with Gasteiger partial charge in [0, 0.05) is 22.1 Å². The zero-order valence-corrected chi connectivity index (χ0v) is 31.7. The fraction of sp³-hybridized carbons (Fsp3) is 1.00. The van der Waals surface area contributed by atoms with Crippen molar-refractivity contribution in [3.8, 4) is 0 Å². The van der Waals surface area contributed by atoms with Crippen LogP contribution < -0.4 is 14.7 Å². The van der Waals surface area contributed by atoms with Crippen LogP contribution in [0.15, 0.2) is 0 Å². The molecule has 0 spiro atoms. The molecule has 6 atom stereocenters. The van der Waals surface area contributed by atoms with Gasteiger partial charge in [-0.25, -0.2) is 0 Å². The average Bonchev–Trinajstić information content (AvgIpc) is 2.90. The predicted octanol–water partition coefficient (Wildman–Crippen LogP) is 8.63. The summed E-state index contributed by atoms with van der Waals surface area (Å²) in [7, 11) is -9.24. The molecule has 0 rings (SSSR count). The van der Waals surface area contributed by atoms with Crippen molar-refractivity contribution in [2.24, 2.45) is 0 Å². The van der Waals surface area contributed by atoms with Gasteiger partial charge >= 0.3 is 17.4 Å². The summed E-state index contributed by atoms with van der Waals surface area (Å²) in [5.74, 6) is 0. The molecule has 0 saturated heterocycles. The van der Waals surface area contributed by atoms with Gasteiger partial charge in [-0.1, -0.05) is 120 Å². The summed E-state index contributed by atoms with van der Waals surface area (Å²) in [4.78, 5) is 34.9. The van der Waals surface area contributed by atoms with Gasteiger partial charge in [-0.05, 0) is 74.0 Å². The Morgan fingerprint density at radius 3 is 0.750 bits per heavy atom. The Morgan fingerprint density at radius 2 is 0.600 bits per heavy atom. The van der Waals surface area contributed by atoms with Crippen LogP contribution in [0.1, 0.15) is 159 Å². The molecule has 0 bridgehead atoms. The molecule has 0 aliphatic heterocycles. The van der Waals surface area contributed by atoms with Crippen LogP contribution in [-0.2, 0) is 13.7 Å². The SMILES string of the molecule is CCCCC(C)P(=O)([O-])CCCC.CCCCC(C)P(=O)([O-])CCCC.CCCCC(C)P(=O)([O-])CCCC.[Al+3]. The van der Waals surface area contributed by atoms with E-state index in [-0.39, 0.29) is 34.3 Å². The van der Waals surface area contributed by atoms with Gasteiger partial charge in [0.1, 0.15) is 0 Å². The van der Waals surface area contributed by atoms with Gasteiger partial charge in [-0.2, -0.15) is 0 Å². The minimum absolute atomic E-state index is 0. The summed E-state index contributed by atoms with van der Waals surface area (Å²) < 4.78 is 34.9. The van der Waals surface area contributed by atoms with E-state index in [2.05, 4.69) is 20.8 Å². The minimum Gasteiger partial charge on any atom is -0.799 e. The molecule has 6 unspecified atom stereocenters. The van der Waals surface area contributed by atoms with Gasteiger partial charge in [0.15, 0.2) is 0 Å². The van der Waals surface area contributed by atoms with E-state index in [0.717, 1.165) is 96.3 Å². The van der Waals surface area contributed by atoms with Crippen LogP contribution in [0.25, 0.3) is 0 Å². The van der Waals surface area contributed by atoms with Gasteiger partial charge in [0.2, 0.25) is 0 Å². The molecule has 0 fully saturated rings. The zero-order chi connectivity index (χ0) is 31.0. The Hall–Kier alpha value is 1.10. The third-order valence-corrected chi connectivity index (χ3v) is 15.0. The summed E-state index contributed by atoms with van der Waals surface area (Å²) in [5.41, 5.74) is -0.336. The Balaban J connectivity index is -0.000000240. The number of hydrogen-bond acceptors (Lipinski definition) is 6. The normalized spacial score (nSPS) is 17.7. The first-order chi connectivity index (χ1) is 18.1. The smallest absolute Gasteiger partial charge is 0.799 e. The molecule has 0 aliphatic rings. The summed E-state index contributed by atoms with van der Waals surface area (Å²) in [6.07, 6.45) is 15.4. The van der Waals surface area contributed by atoms with E-state index in [1.165, 1.54) is 0 Å². The second-order valence-electron chi connectivity index (χ2n) is 11.4. The molecule has 0 saturated carbocycles. The molecule has 0 N–H and O–H groups in total. The van der Waals surface area contributed by atoms with Crippen molar-refractivity contribution >= 4 is 39.5 Å².